The zero-order valence-electron chi connectivity index (χ0n) is 8.48. The highest BCUT2D eigenvalue weighted by molar-refractivity contribution is 6.30. The van der Waals surface area contributed by atoms with E-state index in [0.717, 1.165) is 17.5 Å². The third kappa shape index (κ3) is 2.13. The number of fused-ring (bicyclic) bond motifs is 1. The number of benzene rings is 1. The molecule has 0 saturated carbocycles. The lowest BCUT2D eigenvalue weighted by Crippen LogP contribution is -2.41. The molecule has 0 saturated heterocycles. The number of carboxylic acid groups (broad SMARTS) is 1. The van der Waals surface area contributed by atoms with Crippen molar-refractivity contribution in [3.8, 4) is 0 Å². The molecule has 0 spiro atoms. The van der Waals surface area contributed by atoms with E-state index in [-0.39, 0.29) is 0 Å². The first kappa shape index (κ1) is 11.2. The highest BCUT2D eigenvalue weighted by Gasteiger charge is 2.28. The number of carbonyl (C=O) groups is 1. The number of hydrogen-bond donors (Lipinski definition) is 3. The van der Waals surface area contributed by atoms with Crippen molar-refractivity contribution in [2.24, 2.45) is 0 Å². The molecular weight excluding hydrogens is 230 g/mol. The van der Waals surface area contributed by atoms with E-state index >= 15 is 0 Å². The van der Waals surface area contributed by atoms with Crippen molar-refractivity contribution < 1.29 is 15.0 Å². The SMILES string of the molecule is O=C(O)N[C@H]1CCc2cc(Cl)ccc2[C@H]1O. The molecule has 2 rings (SSSR count). The van der Waals surface area contributed by atoms with E-state index in [1.807, 2.05) is 6.07 Å². The minimum atomic E-state index is -1.11. The summed E-state index contributed by atoms with van der Waals surface area (Å²) in [5, 5.41) is 21.6. The van der Waals surface area contributed by atoms with Gasteiger partial charge in [0.25, 0.3) is 0 Å². The molecule has 0 bridgehead atoms. The average Bonchev–Trinajstić information content (AvgIpc) is 2.22. The van der Waals surface area contributed by atoms with Gasteiger partial charge in [0.15, 0.2) is 0 Å². The van der Waals surface area contributed by atoms with Crippen LogP contribution in [-0.2, 0) is 6.42 Å². The van der Waals surface area contributed by atoms with Crippen LogP contribution in [-0.4, -0.2) is 22.3 Å². The molecule has 1 amide bonds. The predicted octanol–water partition coefficient (Wildman–Crippen LogP) is 1.96. The number of aliphatic hydroxyl groups is 1. The van der Waals surface area contributed by atoms with Crippen molar-refractivity contribution in [2.45, 2.75) is 25.0 Å². The predicted molar refractivity (Wildman–Crippen MR) is 59.7 cm³/mol. The van der Waals surface area contributed by atoms with Crippen LogP contribution in [0.4, 0.5) is 4.79 Å². The van der Waals surface area contributed by atoms with Crippen molar-refractivity contribution in [3.05, 3.63) is 34.3 Å². The number of amides is 1. The molecule has 1 aromatic rings. The monoisotopic (exact) mass is 241 g/mol. The van der Waals surface area contributed by atoms with Crippen LogP contribution in [0.15, 0.2) is 18.2 Å². The Morgan fingerprint density at radius 3 is 2.94 bits per heavy atom. The fourth-order valence-electron chi connectivity index (χ4n) is 2.07. The molecule has 0 heterocycles. The van der Waals surface area contributed by atoms with Crippen molar-refractivity contribution in [3.63, 3.8) is 0 Å². The summed E-state index contributed by atoms with van der Waals surface area (Å²) in [6.45, 7) is 0. The van der Waals surface area contributed by atoms with Crippen LogP contribution in [0.3, 0.4) is 0 Å². The minimum Gasteiger partial charge on any atom is -0.465 e. The molecule has 1 aliphatic rings. The lowest BCUT2D eigenvalue weighted by atomic mass is 9.86. The maximum absolute atomic E-state index is 10.5. The van der Waals surface area contributed by atoms with Crippen molar-refractivity contribution in [1.29, 1.82) is 0 Å². The summed E-state index contributed by atoms with van der Waals surface area (Å²) in [5.74, 6) is 0. The number of halogens is 1. The van der Waals surface area contributed by atoms with Gasteiger partial charge in [-0.3, -0.25) is 0 Å². The Labute approximate surface area is 97.9 Å². The standard InChI is InChI=1S/C11H12ClNO3/c12-7-2-3-8-6(5-7)1-4-9(10(8)14)13-11(15)16/h2-3,5,9-10,13-14H,1,4H2,(H,15,16)/t9-,10+/m0/s1. The van der Waals surface area contributed by atoms with Gasteiger partial charge in [-0.1, -0.05) is 17.7 Å². The van der Waals surface area contributed by atoms with Crippen LogP contribution in [0.2, 0.25) is 5.02 Å². The Kier molecular flexibility index (Phi) is 3.03. The maximum Gasteiger partial charge on any atom is 0.404 e. The summed E-state index contributed by atoms with van der Waals surface area (Å²) in [4.78, 5) is 10.5. The summed E-state index contributed by atoms with van der Waals surface area (Å²) in [5.41, 5.74) is 1.75. The van der Waals surface area contributed by atoms with E-state index < -0.39 is 18.2 Å². The Morgan fingerprint density at radius 1 is 1.50 bits per heavy atom. The van der Waals surface area contributed by atoms with Gasteiger partial charge in [-0.15, -0.1) is 0 Å². The van der Waals surface area contributed by atoms with Crippen LogP contribution in [0, 0.1) is 0 Å². The third-order valence-electron chi connectivity index (χ3n) is 2.84. The minimum absolute atomic E-state index is 0.439. The second kappa shape index (κ2) is 4.31. The Balaban J connectivity index is 2.25. The van der Waals surface area contributed by atoms with Crippen LogP contribution >= 0.6 is 11.6 Å². The van der Waals surface area contributed by atoms with E-state index in [4.69, 9.17) is 16.7 Å². The number of hydrogen-bond acceptors (Lipinski definition) is 2. The normalized spacial score (nSPS) is 23.6. The summed E-state index contributed by atoms with van der Waals surface area (Å²) in [6.07, 6.45) is -0.600. The van der Waals surface area contributed by atoms with Gasteiger partial charge in [0, 0.05) is 5.02 Å². The van der Waals surface area contributed by atoms with Crippen LogP contribution in [0.25, 0.3) is 0 Å². The van der Waals surface area contributed by atoms with Gasteiger partial charge in [0.2, 0.25) is 0 Å². The lowest BCUT2D eigenvalue weighted by Gasteiger charge is -2.29. The zero-order chi connectivity index (χ0) is 11.7. The topological polar surface area (TPSA) is 69.6 Å². The molecular formula is C11H12ClNO3. The highest BCUT2D eigenvalue weighted by atomic mass is 35.5. The van der Waals surface area contributed by atoms with Crippen LogP contribution in [0.1, 0.15) is 23.7 Å². The van der Waals surface area contributed by atoms with Crippen LogP contribution in [0.5, 0.6) is 0 Å². The molecule has 2 atom stereocenters. The molecule has 0 unspecified atom stereocenters. The van der Waals surface area contributed by atoms with Gasteiger partial charge in [0.05, 0.1) is 12.1 Å². The van der Waals surface area contributed by atoms with Crippen molar-refractivity contribution >= 4 is 17.7 Å². The molecule has 16 heavy (non-hydrogen) atoms. The van der Waals surface area contributed by atoms with E-state index in [1.54, 1.807) is 12.1 Å². The molecule has 0 fully saturated rings. The molecule has 0 radical (unpaired) electrons. The lowest BCUT2D eigenvalue weighted by molar-refractivity contribution is 0.109. The molecule has 4 nitrogen and oxygen atoms in total. The molecule has 0 aliphatic heterocycles. The van der Waals surface area contributed by atoms with Crippen molar-refractivity contribution in [1.82, 2.24) is 5.32 Å². The van der Waals surface area contributed by atoms with Gasteiger partial charge in [-0.05, 0) is 36.1 Å². The first-order valence-electron chi connectivity index (χ1n) is 5.04. The number of nitrogens with one attached hydrogen (secondary N) is 1. The molecule has 3 N–H and O–H groups in total. The smallest absolute Gasteiger partial charge is 0.404 e. The number of aryl methyl sites for hydroxylation is 1. The number of aliphatic hydroxyl groups excluding tert-OH is 1. The fraction of sp³-hybridized carbons (Fsp3) is 0.364. The van der Waals surface area contributed by atoms with E-state index in [0.29, 0.717) is 11.4 Å². The quantitative estimate of drug-likeness (QED) is 0.704. The first-order chi connectivity index (χ1) is 7.58. The molecule has 5 heteroatoms. The molecule has 1 aliphatic carbocycles. The molecule has 86 valence electrons. The fourth-order valence-corrected chi connectivity index (χ4v) is 2.27. The van der Waals surface area contributed by atoms with Gasteiger partial charge in [-0.2, -0.15) is 0 Å². The van der Waals surface area contributed by atoms with E-state index in [9.17, 15) is 9.90 Å². The summed E-state index contributed by atoms with van der Waals surface area (Å²) in [6, 6.07) is 4.83. The largest absolute Gasteiger partial charge is 0.465 e. The van der Waals surface area contributed by atoms with Crippen molar-refractivity contribution in [2.75, 3.05) is 0 Å². The first-order valence-corrected chi connectivity index (χ1v) is 5.41. The maximum atomic E-state index is 10.5. The molecule has 1 aromatic carbocycles. The Morgan fingerprint density at radius 2 is 2.25 bits per heavy atom. The zero-order valence-corrected chi connectivity index (χ0v) is 9.24. The number of rotatable bonds is 1. The van der Waals surface area contributed by atoms with Crippen LogP contribution < -0.4 is 5.32 Å². The second-order valence-electron chi connectivity index (χ2n) is 3.88. The average molecular weight is 242 g/mol. The summed E-state index contributed by atoms with van der Waals surface area (Å²) in [7, 11) is 0. The van der Waals surface area contributed by atoms with Gasteiger partial charge in [0.1, 0.15) is 0 Å². The molecule has 0 aromatic heterocycles. The van der Waals surface area contributed by atoms with Gasteiger partial charge in [-0.25, -0.2) is 4.79 Å². The van der Waals surface area contributed by atoms with Gasteiger partial charge < -0.3 is 15.5 Å². The Bertz CT molecular complexity index is 422. The summed E-state index contributed by atoms with van der Waals surface area (Å²) >= 11 is 5.85. The third-order valence-corrected chi connectivity index (χ3v) is 3.07. The van der Waals surface area contributed by atoms with Gasteiger partial charge >= 0.3 is 6.09 Å². The Hall–Kier alpha value is -1.26. The highest BCUT2D eigenvalue weighted by Crippen LogP contribution is 2.31. The van der Waals surface area contributed by atoms with E-state index in [1.165, 1.54) is 0 Å². The second-order valence-corrected chi connectivity index (χ2v) is 4.32. The van der Waals surface area contributed by atoms with E-state index in [2.05, 4.69) is 5.32 Å². The summed E-state index contributed by atoms with van der Waals surface area (Å²) < 4.78 is 0.